The second kappa shape index (κ2) is 5.72. The summed E-state index contributed by atoms with van der Waals surface area (Å²) in [5.41, 5.74) is 0.310. The Morgan fingerprint density at radius 1 is 1.14 bits per heavy atom. The molecular formula is C12H27NO. The first kappa shape index (κ1) is 13.9. The molecule has 3 atom stereocenters. The van der Waals surface area contributed by atoms with E-state index in [9.17, 15) is 5.11 Å². The number of nitrogens with one attached hydrogen (secondary N) is 1. The van der Waals surface area contributed by atoms with Gasteiger partial charge in [-0.25, -0.2) is 0 Å². The summed E-state index contributed by atoms with van der Waals surface area (Å²) in [7, 11) is 0. The highest BCUT2D eigenvalue weighted by molar-refractivity contribution is 4.76. The van der Waals surface area contributed by atoms with Crippen LogP contribution < -0.4 is 5.32 Å². The molecule has 0 aliphatic rings. The SMILES string of the molecule is C[C@@H](CN[C@@H](C)C(C)(C)C)C[C@H](C)O. The van der Waals surface area contributed by atoms with Crippen LogP contribution in [0.2, 0.25) is 0 Å². The van der Waals surface area contributed by atoms with Crippen molar-refractivity contribution in [3.8, 4) is 0 Å². The van der Waals surface area contributed by atoms with Gasteiger partial charge in [-0.2, -0.15) is 0 Å². The third kappa shape index (κ3) is 6.39. The summed E-state index contributed by atoms with van der Waals surface area (Å²) < 4.78 is 0. The molecule has 0 aliphatic heterocycles. The molecule has 0 heterocycles. The van der Waals surface area contributed by atoms with E-state index >= 15 is 0 Å². The number of aliphatic hydroxyl groups excluding tert-OH is 1. The minimum Gasteiger partial charge on any atom is -0.393 e. The van der Waals surface area contributed by atoms with E-state index in [1.54, 1.807) is 0 Å². The lowest BCUT2D eigenvalue weighted by atomic mass is 9.87. The summed E-state index contributed by atoms with van der Waals surface area (Å²) in [6, 6.07) is 0.513. The van der Waals surface area contributed by atoms with Gasteiger partial charge in [-0.3, -0.25) is 0 Å². The first-order valence-electron chi connectivity index (χ1n) is 5.65. The molecule has 0 amide bonds. The van der Waals surface area contributed by atoms with Gasteiger partial charge in [0, 0.05) is 6.04 Å². The topological polar surface area (TPSA) is 32.3 Å². The van der Waals surface area contributed by atoms with Crippen LogP contribution in [0.3, 0.4) is 0 Å². The summed E-state index contributed by atoms with van der Waals surface area (Å²) in [4.78, 5) is 0. The molecule has 0 fully saturated rings. The first-order chi connectivity index (χ1) is 6.23. The van der Waals surface area contributed by atoms with Crippen LogP contribution in [0.4, 0.5) is 0 Å². The monoisotopic (exact) mass is 201 g/mol. The predicted molar refractivity (Wildman–Crippen MR) is 62.4 cm³/mol. The lowest BCUT2D eigenvalue weighted by Crippen LogP contribution is -2.40. The fourth-order valence-electron chi connectivity index (χ4n) is 1.35. The fraction of sp³-hybridized carbons (Fsp3) is 1.00. The van der Waals surface area contributed by atoms with Gasteiger partial charge in [0.05, 0.1) is 6.10 Å². The first-order valence-corrected chi connectivity index (χ1v) is 5.65. The lowest BCUT2D eigenvalue weighted by Gasteiger charge is -2.29. The molecular weight excluding hydrogens is 174 g/mol. The van der Waals surface area contributed by atoms with Crippen LogP contribution >= 0.6 is 0 Å². The Morgan fingerprint density at radius 3 is 2.00 bits per heavy atom. The second-order valence-corrected chi connectivity index (χ2v) is 5.69. The van der Waals surface area contributed by atoms with Crippen LogP contribution in [-0.2, 0) is 0 Å². The molecule has 0 unspecified atom stereocenters. The van der Waals surface area contributed by atoms with Crippen LogP contribution in [0, 0.1) is 11.3 Å². The Morgan fingerprint density at radius 2 is 1.64 bits per heavy atom. The maximum absolute atomic E-state index is 9.22. The highest BCUT2D eigenvalue weighted by atomic mass is 16.3. The summed E-state index contributed by atoms with van der Waals surface area (Å²) in [5.74, 6) is 0.541. The summed E-state index contributed by atoms with van der Waals surface area (Å²) in [5, 5.41) is 12.7. The molecule has 86 valence electrons. The van der Waals surface area contributed by atoms with Gasteiger partial charge in [-0.1, -0.05) is 27.7 Å². The molecule has 0 aromatic heterocycles. The Labute approximate surface area is 89.1 Å². The quantitative estimate of drug-likeness (QED) is 0.716. The van der Waals surface area contributed by atoms with E-state index < -0.39 is 0 Å². The second-order valence-electron chi connectivity index (χ2n) is 5.69. The molecule has 14 heavy (non-hydrogen) atoms. The molecule has 0 saturated heterocycles. The zero-order chi connectivity index (χ0) is 11.4. The van der Waals surface area contributed by atoms with Crippen molar-refractivity contribution in [3.05, 3.63) is 0 Å². The van der Waals surface area contributed by atoms with Crippen molar-refractivity contribution in [1.82, 2.24) is 5.32 Å². The van der Waals surface area contributed by atoms with Gasteiger partial charge >= 0.3 is 0 Å². The van der Waals surface area contributed by atoms with E-state index in [1.165, 1.54) is 0 Å². The Bertz CT molecular complexity index is 149. The lowest BCUT2D eigenvalue weighted by molar-refractivity contribution is 0.159. The normalized spacial score (nSPS) is 19.1. The zero-order valence-electron chi connectivity index (χ0n) is 10.6. The standard InChI is InChI=1S/C12H27NO/c1-9(7-10(2)14)8-13-11(3)12(4,5)6/h9-11,13-14H,7-8H2,1-6H3/t9-,10+,11+/m1/s1. The van der Waals surface area contributed by atoms with Crippen molar-refractivity contribution in [3.63, 3.8) is 0 Å². The molecule has 0 bridgehead atoms. The van der Waals surface area contributed by atoms with Gasteiger partial charge < -0.3 is 10.4 Å². The highest BCUT2D eigenvalue weighted by Crippen LogP contribution is 2.18. The molecule has 0 spiro atoms. The van der Waals surface area contributed by atoms with Gasteiger partial charge in [-0.15, -0.1) is 0 Å². The molecule has 2 nitrogen and oxygen atoms in total. The smallest absolute Gasteiger partial charge is 0.0515 e. The maximum atomic E-state index is 9.22. The summed E-state index contributed by atoms with van der Waals surface area (Å²) in [6.07, 6.45) is 0.695. The van der Waals surface area contributed by atoms with E-state index in [4.69, 9.17) is 0 Å². The van der Waals surface area contributed by atoms with Crippen molar-refractivity contribution in [1.29, 1.82) is 0 Å². The number of aliphatic hydroxyl groups is 1. The van der Waals surface area contributed by atoms with E-state index in [2.05, 4.69) is 39.9 Å². The Kier molecular flexibility index (Phi) is 5.68. The largest absolute Gasteiger partial charge is 0.393 e. The third-order valence-corrected chi connectivity index (χ3v) is 2.82. The van der Waals surface area contributed by atoms with Crippen LogP contribution in [-0.4, -0.2) is 23.8 Å². The van der Waals surface area contributed by atoms with E-state index in [0.29, 0.717) is 17.4 Å². The average molecular weight is 201 g/mol. The molecule has 0 saturated carbocycles. The Hall–Kier alpha value is -0.0800. The van der Waals surface area contributed by atoms with Gasteiger partial charge in [0.25, 0.3) is 0 Å². The molecule has 2 N–H and O–H groups in total. The van der Waals surface area contributed by atoms with Crippen LogP contribution in [0.15, 0.2) is 0 Å². The minimum atomic E-state index is -0.184. The van der Waals surface area contributed by atoms with Gasteiger partial charge in [0.1, 0.15) is 0 Å². The summed E-state index contributed by atoms with van der Waals surface area (Å²) in [6.45, 7) is 14.0. The average Bonchev–Trinajstić information content (AvgIpc) is 1.96. The number of hydrogen-bond donors (Lipinski definition) is 2. The Balaban J connectivity index is 3.72. The van der Waals surface area contributed by atoms with Crippen molar-refractivity contribution in [2.24, 2.45) is 11.3 Å². The van der Waals surface area contributed by atoms with Crippen molar-refractivity contribution in [2.75, 3.05) is 6.54 Å². The van der Waals surface area contributed by atoms with Crippen LogP contribution in [0.1, 0.15) is 48.0 Å². The van der Waals surface area contributed by atoms with Crippen molar-refractivity contribution in [2.45, 2.75) is 60.1 Å². The van der Waals surface area contributed by atoms with Crippen LogP contribution in [0.25, 0.3) is 0 Å². The molecule has 0 aromatic rings. The summed E-state index contributed by atoms with van der Waals surface area (Å²) >= 11 is 0. The van der Waals surface area contributed by atoms with Gasteiger partial charge in [0.15, 0.2) is 0 Å². The van der Waals surface area contributed by atoms with E-state index in [-0.39, 0.29) is 6.10 Å². The van der Waals surface area contributed by atoms with Crippen molar-refractivity contribution >= 4 is 0 Å². The maximum Gasteiger partial charge on any atom is 0.0515 e. The van der Waals surface area contributed by atoms with Crippen molar-refractivity contribution < 1.29 is 5.11 Å². The highest BCUT2D eigenvalue weighted by Gasteiger charge is 2.19. The minimum absolute atomic E-state index is 0.184. The van der Waals surface area contributed by atoms with E-state index in [0.717, 1.165) is 13.0 Å². The molecule has 2 heteroatoms. The third-order valence-electron chi connectivity index (χ3n) is 2.82. The fourth-order valence-corrected chi connectivity index (χ4v) is 1.35. The van der Waals surface area contributed by atoms with Gasteiger partial charge in [-0.05, 0) is 38.1 Å². The molecule has 0 radical (unpaired) electrons. The predicted octanol–water partition coefficient (Wildman–Crippen LogP) is 2.42. The zero-order valence-corrected chi connectivity index (χ0v) is 10.6. The van der Waals surface area contributed by atoms with Crippen LogP contribution in [0.5, 0.6) is 0 Å². The van der Waals surface area contributed by atoms with E-state index in [1.807, 2.05) is 6.92 Å². The molecule has 0 aromatic carbocycles. The van der Waals surface area contributed by atoms with Gasteiger partial charge in [0.2, 0.25) is 0 Å². The number of rotatable bonds is 5. The molecule has 0 aliphatic carbocycles. The molecule has 0 rings (SSSR count). The number of hydrogen-bond acceptors (Lipinski definition) is 2.